The quantitative estimate of drug-likeness (QED) is 0.213. The molecule has 1 aromatic heterocycles. The second-order valence-electron chi connectivity index (χ2n) is 7.53. The number of carbonyl (C=O) groups excluding carboxylic acids is 2. The topological polar surface area (TPSA) is 149 Å². The van der Waals surface area contributed by atoms with Crippen LogP contribution in [0.25, 0.3) is 22.2 Å². The highest BCUT2D eigenvalue weighted by Crippen LogP contribution is 2.27. The molecule has 2 N–H and O–H groups in total. The van der Waals surface area contributed by atoms with E-state index >= 15 is 0 Å². The van der Waals surface area contributed by atoms with E-state index in [0.717, 1.165) is 10.8 Å². The number of nitro groups is 1. The first kappa shape index (κ1) is 23.4. The summed E-state index contributed by atoms with van der Waals surface area (Å²) in [6.45, 7) is 1.68. The molecule has 0 fully saturated rings. The van der Waals surface area contributed by atoms with Crippen LogP contribution in [0.3, 0.4) is 0 Å². The van der Waals surface area contributed by atoms with Gasteiger partial charge in [-0.15, -0.1) is 0 Å². The van der Waals surface area contributed by atoms with Crippen LogP contribution in [0.2, 0.25) is 0 Å². The highest BCUT2D eigenvalue weighted by atomic mass is 16.6. The number of hydrogen-bond donors (Lipinski definition) is 2. The molecule has 0 unspecified atom stereocenters. The average Bonchev–Trinajstić information content (AvgIpc) is 3.35. The summed E-state index contributed by atoms with van der Waals surface area (Å²) in [4.78, 5) is 38.9. The number of fused-ring (bicyclic) bond motifs is 1. The van der Waals surface area contributed by atoms with Crippen LogP contribution in [-0.2, 0) is 4.79 Å². The first-order valence-corrected chi connectivity index (χ1v) is 10.7. The molecule has 0 aliphatic carbocycles. The van der Waals surface area contributed by atoms with Crippen molar-refractivity contribution >= 4 is 28.3 Å². The Bertz CT molecular complexity index is 1400. The fourth-order valence-electron chi connectivity index (χ4n) is 3.40. The monoisotopic (exact) mass is 475 g/mol. The van der Waals surface area contributed by atoms with Crippen molar-refractivity contribution in [2.45, 2.75) is 6.92 Å². The predicted molar refractivity (Wildman–Crippen MR) is 126 cm³/mol. The van der Waals surface area contributed by atoms with Crippen LogP contribution in [0.15, 0.2) is 65.2 Å². The maximum absolute atomic E-state index is 12.3. The van der Waals surface area contributed by atoms with Gasteiger partial charge in [0.05, 0.1) is 4.92 Å². The van der Waals surface area contributed by atoms with Gasteiger partial charge in [-0.2, -0.15) is 4.98 Å². The highest BCUT2D eigenvalue weighted by molar-refractivity contribution is 5.90. The molecule has 35 heavy (non-hydrogen) atoms. The number of carbonyl (C=O) groups is 2. The summed E-state index contributed by atoms with van der Waals surface area (Å²) in [5.41, 5.74) is 0.665. The van der Waals surface area contributed by atoms with Crippen LogP contribution in [0.5, 0.6) is 5.75 Å². The molecule has 0 atom stereocenters. The smallest absolute Gasteiger partial charge is 0.316 e. The Hall–Kier alpha value is -4.80. The molecule has 178 valence electrons. The molecule has 11 heteroatoms. The van der Waals surface area contributed by atoms with Crippen LogP contribution < -0.4 is 15.4 Å². The van der Waals surface area contributed by atoms with Gasteiger partial charge in [-0.3, -0.25) is 19.7 Å². The third kappa shape index (κ3) is 5.58. The first-order chi connectivity index (χ1) is 16.9. The largest absolute Gasteiger partial charge is 0.484 e. The molecule has 0 saturated carbocycles. The lowest BCUT2D eigenvalue weighted by Crippen LogP contribution is -2.36. The Kier molecular flexibility index (Phi) is 6.96. The van der Waals surface area contributed by atoms with E-state index in [1.807, 2.05) is 36.4 Å². The van der Waals surface area contributed by atoms with Crippen molar-refractivity contribution < 1.29 is 23.8 Å². The van der Waals surface area contributed by atoms with Gasteiger partial charge in [0.25, 0.3) is 11.6 Å². The van der Waals surface area contributed by atoms with Gasteiger partial charge in [0.2, 0.25) is 5.82 Å². The molecule has 4 rings (SSSR count). The third-order valence-corrected chi connectivity index (χ3v) is 5.19. The van der Waals surface area contributed by atoms with Crippen molar-refractivity contribution in [2.24, 2.45) is 0 Å². The maximum Gasteiger partial charge on any atom is 0.316 e. The normalized spacial score (nSPS) is 10.7. The molecule has 0 aliphatic heterocycles. The molecule has 0 aliphatic rings. The zero-order valence-electron chi connectivity index (χ0n) is 18.7. The highest BCUT2D eigenvalue weighted by Gasteiger charge is 2.20. The Balaban J connectivity index is 1.23. The number of hydrogen-bond acceptors (Lipinski definition) is 8. The molecule has 11 nitrogen and oxygen atoms in total. The molecular formula is C24H21N5O6. The molecule has 3 aromatic carbocycles. The number of nitro benzene ring substituents is 1. The Morgan fingerprint density at radius 3 is 2.60 bits per heavy atom. The molecule has 1 heterocycles. The average molecular weight is 475 g/mol. The van der Waals surface area contributed by atoms with E-state index in [0.29, 0.717) is 16.9 Å². The predicted octanol–water partition coefficient (Wildman–Crippen LogP) is 3.03. The standard InChI is InChI=1S/C24H21N5O6/c1-15-19(7-4-8-20(15)29(32)33)22-27-24(35-28-22)23(31)26-12-11-25-21(30)14-34-18-10-9-16-5-2-3-6-17(16)13-18/h2-10,13H,11-12,14H2,1H3,(H,25,30)(H,26,31). The molecule has 0 spiro atoms. The lowest BCUT2D eigenvalue weighted by atomic mass is 10.1. The van der Waals surface area contributed by atoms with Crippen LogP contribution in [-0.4, -0.2) is 46.6 Å². The fourth-order valence-corrected chi connectivity index (χ4v) is 3.40. The maximum atomic E-state index is 12.3. The second-order valence-corrected chi connectivity index (χ2v) is 7.53. The number of ether oxygens (including phenoxy) is 1. The fraction of sp³-hybridized carbons (Fsp3) is 0.167. The summed E-state index contributed by atoms with van der Waals surface area (Å²) >= 11 is 0. The van der Waals surface area contributed by atoms with Gasteiger partial charge in [-0.25, -0.2) is 0 Å². The Labute approximate surface area is 199 Å². The lowest BCUT2D eigenvalue weighted by Gasteiger charge is -2.08. The molecule has 2 amide bonds. The van der Waals surface area contributed by atoms with Crippen molar-refractivity contribution in [3.05, 3.63) is 82.2 Å². The van der Waals surface area contributed by atoms with E-state index in [4.69, 9.17) is 9.26 Å². The number of aromatic nitrogens is 2. The second kappa shape index (κ2) is 10.4. The zero-order chi connectivity index (χ0) is 24.8. The number of amides is 2. The lowest BCUT2D eigenvalue weighted by molar-refractivity contribution is -0.385. The van der Waals surface area contributed by atoms with Gasteiger partial charge in [0.1, 0.15) is 5.75 Å². The van der Waals surface area contributed by atoms with Gasteiger partial charge < -0.3 is 19.9 Å². The van der Waals surface area contributed by atoms with E-state index in [2.05, 4.69) is 20.8 Å². The van der Waals surface area contributed by atoms with Gasteiger partial charge in [0.15, 0.2) is 6.61 Å². The minimum Gasteiger partial charge on any atom is -0.484 e. The number of nitrogens with zero attached hydrogens (tertiary/aromatic N) is 3. The Morgan fingerprint density at radius 1 is 1.03 bits per heavy atom. The zero-order valence-corrected chi connectivity index (χ0v) is 18.7. The number of nitrogens with one attached hydrogen (secondary N) is 2. The first-order valence-electron chi connectivity index (χ1n) is 10.7. The molecular weight excluding hydrogens is 454 g/mol. The third-order valence-electron chi connectivity index (χ3n) is 5.19. The van der Waals surface area contributed by atoms with E-state index in [9.17, 15) is 19.7 Å². The van der Waals surface area contributed by atoms with E-state index in [1.54, 1.807) is 19.1 Å². The number of benzene rings is 3. The molecule has 0 radical (unpaired) electrons. The van der Waals surface area contributed by atoms with Gasteiger partial charge in [-0.05, 0) is 29.8 Å². The van der Waals surface area contributed by atoms with E-state index in [1.165, 1.54) is 12.1 Å². The van der Waals surface area contributed by atoms with Gasteiger partial charge >= 0.3 is 11.8 Å². The van der Waals surface area contributed by atoms with Crippen LogP contribution in [0, 0.1) is 17.0 Å². The van der Waals surface area contributed by atoms with Crippen molar-refractivity contribution in [3.63, 3.8) is 0 Å². The van der Waals surface area contributed by atoms with E-state index < -0.39 is 10.8 Å². The minimum absolute atomic E-state index is 0.0653. The van der Waals surface area contributed by atoms with Crippen molar-refractivity contribution in [3.8, 4) is 17.1 Å². The van der Waals surface area contributed by atoms with Crippen LogP contribution in [0.4, 0.5) is 5.69 Å². The summed E-state index contributed by atoms with van der Waals surface area (Å²) in [6.07, 6.45) is 0. The van der Waals surface area contributed by atoms with Gasteiger partial charge in [-0.1, -0.05) is 47.6 Å². The molecule has 0 saturated heterocycles. The van der Waals surface area contributed by atoms with Crippen LogP contribution >= 0.6 is 0 Å². The van der Waals surface area contributed by atoms with Crippen molar-refractivity contribution in [1.82, 2.24) is 20.8 Å². The summed E-state index contributed by atoms with van der Waals surface area (Å²) < 4.78 is 10.5. The summed E-state index contributed by atoms with van der Waals surface area (Å²) in [5.74, 6) is -0.618. The van der Waals surface area contributed by atoms with Crippen LogP contribution in [0.1, 0.15) is 16.2 Å². The Morgan fingerprint density at radius 2 is 1.80 bits per heavy atom. The van der Waals surface area contributed by atoms with Gasteiger partial charge in [0, 0.05) is 30.3 Å². The van der Waals surface area contributed by atoms with E-state index in [-0.39, 0.29) is 43.0 Å². The number of rotatable bonds is 9. The SMILES string of the molecule is Cc1c(-c2noc(C(=O)NCCNC(=O)COc3ccc4ccccc4c3)n2)cccc1[N+](=O)[O-]. The summed E-state index contributed by atoms with van der Waals surface area (Å²) in [5, 5.41) is 22.1. The van der Waals surface area contributed by atoms with Crippen molar-refractivity contribution in [1.29, 1.82) is 0 Å². The summed E-state index contributed by atoms with van der Waals surface area (Å²) in [7, 11) is 0. The minimum atomic E-state index is -0.631. The molecule has 0 bridgehead atoms. The summed E-state index contributed by atoms with van der Waals surface area (Å²) in [6, 6.07) is 17.9. The van der Waals surface area contributed by atoms with Crippen molar-refractivity contribution in [2.75, 3.05) is 19.7 Å². The molecule has 4 aromatic rings.